The third kappa shape index (κ3) is 4.15. The van der Waals surface area contributed by atoms with E-state index in [0.29, 0.717) is 0 Å². The number of benzene rings is 5. The second-order valence-corrected chi connectivity index (χ2v) is 10.4. The van der Waals surface area contributed by atoms with Crippen molar-refractivity contribution in [3.8, 4) is 44.6 Å². The summed E-state index contributed by atoms with van der Waals surface area (Å²) >= 11 is 0. The van der Waals surface area contributed by atoms with Crippen LogP contribution in [-0.4, -0.2) is 9.97 Å². The number of hydrogen-bond donors (Lipinski definition) is 0. The van der Waals surface area contributed by atoms with Gasteiger partial charge in [0.15, 0.2) is 0 Å². The molecule has 0 spiro atoms. The third-order valence-corrected chi connectivity index (χ3v) is 7.75. The molecule has 2 aromatic heterocycles. The maximum Gasteiger partial charge on any atom is 0.0731 e. The van der Waals surface area contributed by atoms with Gasteiger partial charge in [-0.25, -0.2) is 0 Å². The molecular formula is C38H28N2. The van der Waals surface area contributed by atoms with Gasteiger partial charge in [0.1, 0.15) is 0 Å². The van der Waals surface area contributed by atoms with Crippen molar-refractivity contribution in [2.45, 2.75) is 13.8 Å². The molecule has 0 atom stereocenters. The van der Waals surface area contributed by atoms with Crippen molar-refractivity contribution in [2.24, 2.45) is 0 Å². The maximum atomic E-state index is 4.69. The van der Waals surface area contributed by atoms with Gasteiger partial charge in [0, 0.05) is 29.7 Å². The third-order valence-electron chi connectivity index (χ3n) is 7.75. The van der Waals surface area contributed by atoms with Crippen molar-refractivity contribution in [2.75, 3.05) is 0 Å². The SMILES string of the molecule is Cc1cncc(-c2ccc(-c3c4ccccc4c(-c4cccc(-c5ncccc5C)c4)c4ccccc34)cc2)c1. The molecule has 40 heavy (non-hydrogen) atoms. The Balaban J connectivity index is 1.45. The first-order chi connectivity index (χ1) is 19.7. The summed E-state index contributed by atoms with van der Waals surface area (Å²) in [6.07, 6.45) is 5.70. The van der Waals surface area contributed by atoms with Crippen molar-refractivity contribution in [1.29, 1.82) is 0 Å². The molecule has 2 heteroatoms. The number of rotatable bonds is 4. The van der Waals surface area contributed by atoms with Crippen molar-refractivity contribution in [3.05, 3.63) is 145 Å². The smallest absolute Gasteiger partial charge is 0.0731 e. The van der Waals surface area contributed by atoms with Gasteiger partial charge in [0.25, 0.3) is 0 Å². The molecule has 0 bridgehead atoms. The number of aromatic nitrogens is 2. The van der Waals surface area contributed by atoms with Crippen LogP contribution in [0.1, 0.15) is 11.1 Å². The highest BCUT2D eigenvalue weighted by Gasteiger charge is 2.17. The number of pyridine rings is 2. The van der Waals surface area contributed by atoms with E-state index >= 15 is 0 Å². The van der Waals surface area contributed by atoms with E-state index in [2.05, 4.69) is 128 Å². The first-order valence-electron chi connectivity index (χ1n) is 13.7. The van der Waals surface area contributed by atoms with E-state index in [0.717, 1.165) is 22.4 Å². The molecule has 5 aromatic carbocycles. The van der Waals surface area contributed by atoms with E-state index in [9.17, 15) is 0 Å². The van der Waals surface area contributed by atoms with Crippen molar-refractivity contribution >= 4 is 21.5 Å². The second-order valence-electron chi connectivity index (χ2n) is 10.4. The van der Waals surface area contributed by atoms with Crippen LogP contribution in [0.3, 0.4) is 0 Å². The van der Waals surface area contributed by atoms with E-state index < -0.39 is 0 Å². The minimum absolute atomic E-state index is 1.03. The molecule has 190 valence electrons. The number of nitrogens with zero attached hydrogens (tertiary/aromatic N) is 2. The number of hydrogen-bond acceptors (Lipinski definition) is 2. The number of fused-ring (bicyclic) bond motifs is 2. The summed E-state index contributed by atoms with van der Waals surface area (Å²) in [5.41, 5.74) is 11.7. The molecule has 7 aromatic rings. The Labute approximate surface area is 234 Å². The minimum Gasteiger partial charge on any atom is -0.264 e. The van der Waals surface area contributed by atoms with Crippen LogP contribution in [0.4, 0.5) is 0 Å². The molecule has 0 N–H and O–H groups in total. The van der Waals surface area contributed by atoms with Crippen LogP contribution in [-0.2, 0) is 0 Å². The normalized spacial score (nSPS) is 11.2. The van der Waals surface area contributed by atoms with E-state index in [-0.39, 0.29) is 0 Å². The minimum atomic E-state index is 1.03. The highest BCUT2D eigenvalue weighted by Crippen LogP contribution is 2.44. The molecule has 0 fully saturated rings. The van der Waals surface area contributed by atoms with E-state index in [1.54, 1.807) is 0 Å². The molecule has 0 radical (unpaired) electrons. The lowest BCUT2D eigenvalue weighted by Gasteiger charge is -2.18. The number of aryl methyl sites for hydroxylation is 2. The molecule has 0 aliphatic carbocycles. The fourth-order valence-corrected chi connectivity index (χ4v) is 5.90. The van der Waals surface area contributed by atoms with Crippen LogP contribution >= 0.6 is 0 Å². The van der Waals surface area contributed by atoms with Gasteiger partial charge in [-0.05, 0) is 92.5 Å². The van der Waals surface area contributed by atoms with Gasteiger partial charge >= 0.3 is 0 Å². The fourth-order valence-electron chi connectivity index (χ4n) is 5.90. The summed E-state index contributed by atoms with van der Waals surface area (Å²) in [5.74, 6) is 0. The average Bonchev–Trinajstić information content (AvgIpc) is 3.00. The van der Waals surface area contributed by atoms with Gasteiger partial charge in [0.05, 0.1) is 5.69 Å². The summed E-state index contributed by atoms with van der Waals surface area (Å²) in [4.78, 5) is 9.08. The van der Waals surface area contributed by atoms with Crippen molar-refractivity contribution in [3.63, 3.8) is 0 Å². The highest BCUT2D eigenvalue weighted by molar-refractivity contribution is 6.21. The Morgan fingerprint density at radius 1 is 0.450 bits per heavy atom. The maximum absolute atomic E-state index is 4.69. The molecule has 2 heterocycles. The monoisotopic (exact) mass is 512 g/mol. The fraction of sp³-hybridized carbons (Fsp3) is 0.0526. The quantitative estimate of drug-likeness (QED) is 0.219. The van der Waals surface area contributed by atoms with Crippen LogP contribution in [0.2, 0.25) is 0 Å². The van der Waals surface area contributed by atoms with E-state index in [4.69, 9.17) is 4.98 Å². The topological polar surface area (TPSA) is 25.8 Å². The van der Waals surface area contributed by atoms with Crippen LogP contribution in [0.5, 0.6) is 0 Å². The Morgan fingerprint density at radius 2 is 1.05 bits per heavy atom. The standard InChI is InChI=1S/C38H28N2/c1-25-21-31(24-39-23-25)27-16-18-28(19-17-27)36-32-12-3-5-14-34(32)37(35-15-6-4-13-33(35)36)29-10-7-11-30(22-29)38-26(2)9-8-20-40-38/h3-24H,1-2H3. The molecule has 2 nitrogen and oxygen atoms in total. The largest absolute Gasteiger partial charge is 0.264 e. The molecular weight excluding hydrogens is 484 g/mol. The van der Waals surface area contributed by atoms with Gasteiger partial charge in [-0.3, -0.25) is 9.97 Å². The lowest BCUT2D eigenvalue weighted by molar-refractivity contribution is 1.27. The average molecular weight is 513 g/mol. The Hall–Kier alpha value is -5.08. The zero-order valence-corrected chi connectivity index (χ0v) is 22.6. The van der Waals surface area contributed by atoms with Crippen LogP contribution in [0.25, 0.3) is 66.2 Å². The lowest BCUT2D eigenvalue weighted by Crippen LogP contribution is -1.92. The molecule has 0 saturated heterocycles. The zero-order valence-electron chi connectivity index (χ0n) is 22.6. The Morgan fingerprint density at radius 3 is 1.68 bits per heavy atom. The predicted molar refractivity (Wildman–Crippen MR) is 168 cm³/mol. The van der Waals surface area contributed by atoms with E-state index in [1.165, 1.54) is 54.9 Å². The molecule has 0 aliphatic rings. The molecule has 0 unspecified atom stereocenters. The molecule has 7 rings (SSSR count). The zero-order chi connectivity index (χ0) is 27.1. The van der Waals surface area contributed by atoms with Crippen LogP contribution < -0.4 is 0 Å². The van der Waals surface area contributed by atoms with Crippen molar-refractivity contribution in [1.82, 2.24) is 9.97 Å². The van der Waals surface area contributed by atoms with Gasteiger partial charge in [0.2, 0.25) is 0 Å². The highest BCUT2D eigenvalue weighted by atomic mass is 14.7. The summed E-state index contributed by atoms with van der Waals surface area (Å²) < 4.78 is 0. The molecule has 0 aliphatic heterocycles. The summed E-state index contributed by atoms with van der Waals surface area (Å²) in [7, 11) is 0. The van der Waals surface area contributed by atoms with Gasteiger partial charge in [-0.15, -0.1) is 0 Å². The summed E-state index contributed by atoms with van der Waals surface area (Å²) in [6.45, 7) is 4.20. The first-order valence-corrected chi connectivity index (χ1v) is 13.7. The predicted octanol–water partition coefficient (Wildman–Crippen LogP) is 10.1. The van der Waals surface area contributed by atoms with Gasteiger partial charge in [-0.1, -0.05) is 97.1 Å². The summed E-state index contributed by atoms with van der Waals surface area (Å²) in [5, 5.41) is 5.00. The van der Waals surface area contributed by atoms with Gasteiger partial charge < -0.3 is 0 Å². The lowest BCUT2D eigenvalue weighted by atomic mass is 9.85. The Kier molecular flexibility index (Phi) is 5.94. The second kappa shape index (κ2) is 9.91. The van der Waals surface area contributed by atoms with E-state index in [1.807, 2.05) is 24.7 Å². The first kappa shape index (κ1) is 24.0. The van der Waals surface area contributed by atoms with Crippen molar-refractivity contribution < 1.29 is 0 Å². The van der Waals surface area contributed by atoms with Crippen LogP contribution in [0, 0.1) is 13.8 Å². The molecule has 0 amide bonds. The Bertz CT molecular complexity index is 1960. The van der Waals surface area contributed by atoms with Crippen LogP contribution in [0.15, 0.2) is 134 Å². The van der Waals surface area contributed by atoms with Gasteiger partial charge in [-0.2, -0.15) is 0 Å². The summed E-state index contributed by atoms with van der Waals surface area (Å²) in [6, 6.07) is 41.6. The molecule has 0 saturated carbocycles.